The minimum Gasteiger partial charge on any atom is -0.496 e. The number of rotatable bonds is 6. The summed E-state index contributed by atoms with van der Waals surface area (Å²) in [4.78, 5) is 8.82. The number of para-hydroxylation sites is 1. The number of hydrogen-bond acceptors (Lipinski definition) is 4. The lowest BCUT2D eigenvalue weighted by atomic mass is 10.0. The third kappa shape index (κ3) is 3.54. The van der Waals surface area contributed by atoms with Crippen molar-refractivity contribution >= 4 is 0 Å². The number of aryl methyl sites for hydroxylation is 1. The molecule has 0 bridgehead atoms. The minimum absolute atomic E-state index is 0.143. The lowest BCUT2D eigenvalue weighted by molar-refractivity contribution is 0.405. The van der Waals surface area contributed by atoms with E-state index in [0.717, 1.165) is 30.1 Å². The first-order valence-corrected chi connectivity index (χ1v) is 6.88. The Morgan fingerprint density at radius 2 is 2.00 bits per heavy atom. The second-order valence-electron chi connectivity index (χ2n) is 4.71. The second-order valence-corrected chi connectivity index (χ2v) is 4.71. The molecule has 4 heteroatoms. The molecule has 0 aliphatic heterocycles. The SMILES string of the molecule is CCNC(Cc1ccccc1OC)c1cnc(C)cn1. The molecule has 2 rings (SSSR count). The highest BCUT2D eigenvalue weighted by Crippen LogP contribution is 2.23. The van der Waals surface area contributed by atoms with Gasteiger partial charge in [0.25, 0.3) is 0 Å². The Labute approximate surface area is 120 Å². The molecule has 2 aromatic rings. The maximum absolute atomic E-state index is 5.42. The zero-order valence-corrected chi connectivity index (χ0v) is 12.3. The van der Waals surface area contributed by atoms with Crippen molar-refractivity contribution in [3.8, 4) is 5.75 Å². The topological polar surface area (TPSA) is 47.0 Å². The van der Waals surface area contributed by atoms with E-state index in [4.69, 9.17) is 4.74 Å². The van der Waals surface area contributed by atoms with E-state index in [1.807, 2.05) is 37.5 Å². The van der Waals surface area contributed by atoms with Crippen LogP contribution in [-0.4, -0.2) is 23.6 Å². The van der Waals surface area contributed by atoms with Crippen molar-refractivity contribution in [2.24, 2.45) is 0 Å². The molecule has 1 unspecified atom stereocenters. The molecule has 1 atom stereocenters. The summed E-state index contributed by atoms with van der Waals surface area (Å²) in [6.07, 6.45) is 4.48. The molecule has 1 aromatic carbocycles. The minimum atomic E-state index is 0.143. The highest BCUT2D eigenvalue weighted by Gasteiger charge is 2.15. The standard InChI is InChI=1S/C16H21N3O/c1-4-17-14(15-11-18-12(2)10-19-15)9-13-7-5-6-8-16(13)20-3/h5-8,10-11,14,17H,4,9H2,1-3H3. The fourth-order valence-corrected chi connectivity index (χ4v) is 2.20. The van der Waals surface area contributed by atoms with Crippen LogP contribution in [0.1, 0.15) is 29.9 Å². The third-order valence-corrected chi connectivity index (χ3v) is 3.23. The molecule has 4 nitrogen and oxygen atoms in total. The lowest BCUT2D eigenvalue weighted by Crippen LogP contribution is -2.24. The van der Waals surface area contributed by atoms with Gasteiger partial charge in [-0.15, -0.1) is 0 Å². The summed E-state index contributed by atoms with van der Waals surface area (Å²) in [5.41, 5.74) is 3.06. The highest BCUT2D eigenvalue weighted by molar-refractivity contribution is 5.34. The first kappa shape index (κ1) is 14.5. The van der Waals surface area contributed by atoms with Gasteiger partial charge in [-0.2, -0.15) is 0 Å². The lowest BCUT2D eigenvalue weighted by Gasteiger charge is -2.18. The molecular weight excluding hydrogens is 250 g/mol. The molecule has 0 radical (unpaired) electrons. The first-order valence-electron chi connectivity index (χ1n) is 6.88. The fraction of sp³-hybridized carbons (Fsp3) is 0.375. The Kier molecular flexibility index (Phi) is 5.07. The van der Waals surface area contributed by atoms with Crippen LogP contribution >= 0.6 is 0 Å². The fourth-order valence-electron chi connectivity index (χ4n) is 2.20. The molecule has 1 heterocycles. The summed E-state index contributed by atoms with van der Waals surface area (Å²) in [6, 6.07) is 8.23. The van der Waals surface area contributed by atoms with Crippen molar-refractivity contribution in [1.29, 1.82) is 0 Å². The Morgan fingerprint density at radius 3 is 2.65 bits per heavy atom. The van der Waals surface area contributed by atoms with Crippen molar-refractivity contribution in [2.75, 3.05) is 13.7 Å². The van der Waals surface area contributed by atoms with Gasteiger partial charge in [0.1, 0.15) is 5.75 Å². The quantitative estimate of drug-likeness (QED) is 0.877. The normalized spacial score (nSPS) is 12.2. The van der Waals surface area contributed by atoms with Crippen LogP contribution in [0, 0.1) is 6.92 Å². The first-order chi connectivity index (χ1) is 9.74. The number of benzene rings is 1. The van der Waals surface area contributed by atoms with E-state index in [2.05, 4.69) is 28.3 Å². The number of nitrogens with one attached hydrogen (secondary N) is 1. The van der Waals surface area contributed by atoms with E-state index in [1.54, 1.807) is 7.11 Å². The molecule has 20 heavy (non-hydrogen) atoms. The van der Waals surface area contributed by atoms with Crippen molar-refractivity contribution in [3.63, 3.8) is 0 Å². The van der Waals surface area contributed by atoms with Crippen LogP contribution in [0.25, 0.3) is 0 Å². The Hall–Kier alpha value is -1.94. The van der Waals surface area contributed by atoms with Gasteiger partial charge in [0.2, 0.25) is 0 Å². The molecule has 106 valence electrons. The molecular formula is C16H21N3O. The summed E-state index contributed by atoms with van der Waals surface area (Å²) >= 11 is 0. The van der Waals surface area contributed by atoms with Crippen molar-refractivity contribution in [3.05, 3.63) is 53.6 Å². The average Bonchev–Trinajstić information content (AvgIpc) is 2.48. The number of nitrogens with zero attached hydrogens (tertiary/aromatic N) is 2. The van der Waals surface area contributed by atoms with Crippen LogP contribution in [0.2, 0.25) is 0 Å². The molecule has 0 saturated carbocycles. The molecule has 0 amide bonds. The number of hydrogen-bond donors (Lipinski definition) is 1. The Morgan fingerprint density at radius 1 is 1.20 bits per heavy atom. The van der Waals surface area contributed by atoms with Crippen LogP contribution in [0.15, 0.2) is 36.7 Å². The van der Waals surface area contributed by atoms with Crippen molar-refractivity contribution in [2.45, 2.75) is 26.3 Å². The van der Waals surface area contributed by atoms with E-state index < -0.39 is 0 Å². The molecule has 0 saturated heterocycles. The van der Waals surface area contributed by atoms with Gasteiger partial charge in [-0.1, -0.05) is 25.1 Å². The van der Waals surface area contributed by atoms with Gasteiger partial charge in [-0.3, -0.25) is 9.97 Å². The van der Waals surface area contributed by atoms with Gasteiger partial charge in [0.15, 0.2) is 0 Å². The third-order valence-electron chi connectivity index (χ3n) is 3.23. The number of likely N-dealkylation sites (N-methyl/N-ethyl adjacent to an activating group) is 1. The molecule has 0 fully saturated rings. The van der Waals surface area contributed by atoms with Crippen LogP contribution < -0.4 is 10.1 Å². The average molecular weight is 271 g/mol. The second kappa shape index (κ2) is 7.01. The summed E-state index contributed by atoms with van der Waals surface area (Å²) in [6.45, 7) is 4.92. The van der Waals surface area contributed by atoms with Crippen molar-refractivity contribution in [1.82, 2.24) is 15.3 Å². The summed E-state index contributed by atoms with van der Waals surface area (Å²) in [5.74, 6) is 0.912. The van der Waals surface area contributed by atoms with Gasteiger partial charge >= 0.3 is 0 Å². The largest absolute Gasteiger partial charge is 0.496 e. The molecule has 0 aliphatic rings. The van der Waals surface area contributed by atoms with E-state index in [0.29, 0.717) is 0 Å². The van der Waals surface area contributed by atoms with Crippen LogP contribution in [-0.2, 0) is 6.42 Å². The smallest absolute Gasteiger partial charge is 0.122 e. The van der Waals surface area contributed by atoms with Crippen molar-refractivity contribution < 1.29 is 4.74 Å². The molecule has 0 aliphatic carbocycles. The Bertz CT molecular complexity index is 540. The predicted molar refractivity (Wildman–Crippen MR) is 79.9 cm³/mol. The monoisotopic (exact) mass is 271 g/mol. The van der Waals surface area contributed by atoms with Gasteiger partial charge < -0.3 is 10.1 Å². The van der Waals surface area contributed by atoms with E-state index in [1.165, 1.54) is 5.56 Å². The summed E-state index contributed by atoms with van der Waals surface area (Å²) in [7, 11) is 1.70. The molecule has 1 aromatic heterocycles. The van der Waals surface area contributed by atoms with Gasteiger partial charge in [-0.25, -0.2) is 0 Å². The molecule has 1 N–H and O–H groups in total. The highest BCUT2D eigenvalue weighted by atomic mass is 16.5. The number of ether oxygens (including phenoxy) is 1. The van der Waals surface area contributed by atoms with Crippen LogP contribution in [0.4, 0.5) is 0 Å². The maximum atomic E-state index is 5.42. The maximum Gasteiger partial charge on any atom is 0.122 e. The van der Waals surface area contributed by atoms with Gasteiger partial charge in [0.05, 0.1) is 30.7 Å². The van der Waals surface area contributed by atoms with Gasteiger partial charge in [-0.05, 0) is 31.5 Å². The zero-order valence-electron chi connectivity index (χ0n) is 12.3. The Balaban J connectivity index is 2.23. The predicted octanol–water partition coefficient (Wildman–Crippen LogP) is 2.69. The molecule has 0 spiro atoms. The summed E-state index contributed by atoms with van der Waals surface area (Å²) in [5, 5.41) is 3.46. The van der Waals surface area contributed by atoms with E-state index in [9.17, 15) is 0 Å². The van der Waals surface area contributed by atoms with E-state index >= 15 is 0 Å². The van der Waals surface area contributed by atoms with Gasteiger partial charge in [0, 0.05) is 6.20 Å². The van der Waals surface area contributed by atoms with Crippen LogP contribution in [0.5, 0.6) is 5.75 Å². The van der Waals surface area contributed by atoms with E-state index in [-0.39, 0.29) is 6.04 Å². The summed E-state index contributed by atoms with van der Waals surface area (Å²) < 4.78 is 5.42. The zero-order chi connectivity index (χ0) is 14.4. The number of aromatic nitrogens is 2. The number of methoxy groups -OCH3 is 1. The van der Waals surface area contributed by atoms with Crippen LogP contribution in [0.3, 0.4) is 0 Å².